The Labute approximate surface area is 188 Å². The molecule has 0 spiro atoms. The van der Waals surface area contributed by atoms with Gasteiger partial charge in [0.15, 0.2) is 0 Å². The van der Waals surface area contributed by atoms with Crippen molar-refractivity contribution in [2.24, 2.45) is 5.92 Å². The summed E-state index contributed by atoms with van der Waals surface area (Å²) in [5, 5.41) is 6.05. The van der Waals surface area contributed by atoms with Crippen molar-refractivity contribution in [3.05, 3.63) is 60.6 Å². The van der Waals surface area contributed by atoms with Crippen LogP contribution in [-0.4, -0.2) is 51.9 Å². The van der Waals surface area contributed by atoms with Crippen LogP contribution >= 0.6 is 0 Å². The molecule has 1 aliphatic heterocycles. The summed E-state index contributed by atoms with van der Waals surface area (Å²) in [4.78, 5) is 11.4. The SMILES string of the molecule is CC(COc1ccc2c(-c3c(-c4ccccn4)nn4c3CCC4)ccnc2c1)CN(C)C. The molecule has 0 bridgehead atoms. The van der Waals surface area contributed by atoms with Crippen molar-refractivity contribution in [1.82, 2.24) is 24.6 Å². The zero-order valence-corrected chi connectivity index (χ0v) is 19.0. The molecular weight excluding hydrogens is 398 g/mol. The van der Waals surface area contributed by atoms with Crippen LogP contribution in [0.4, 0.5) is 0 Å². The minimum absolute atomic E-state index is 0.455. The molecule has 1 aliphatic rings. The summed E-state index contributed by atoms with van der Waals surface area (Å²) in [6, 6.07) is 14.3. The van der Waals surface area contributed by atoms with Gasteiger partial charge in [-0.3, -0.25) is 14.6 Å². The Balaban J connectivity index is 1.53. The average molecular weight is 428 g/mol. The fourth-order valence-corrected chi connectivity index (χ4v) is 4.65. The minimum atomic E-state index is 0.455. The second kappa shape index (κ2) is 8.71. The molecule has 0 saturated heterocycles. The van der Waals surface area contributed by atoms with Crippen LogP contribution in [0, 0.1) is 5.92 Å². The van der Waals surface area contributed by atoms with E-state index in [9.17, 15) is 0 Å². The number of pyridine rings is 2. The molecule has 164 valence electrons. The predicted octanol–water partition coefficient (Wildman–Crippen LogP) is 4.68. The molecule has 0 radical (unpaired) electrons. The van der Waals surface area contributed by atoms with Gasteiger partial charge in [0.1, 0.15) is 11.4 Å². The van der Waals surface area contributed by atoms with E-state index in [0.717, 1.165) is 59.5 Å². The topological polar surface area (TPSA) is 56.1 Å². The van der Waals surface area contributed by atoms with Gasteiger partial charge in [0.2, 0.25) is 0 Å². The number of hydrogen-bond acceptors (Lipinski definition) is 5. The van der Waals surface area contributed by atoms with Gasteiger partial charge in [-0.25, -0.2) is 0 Å². The lowest BCUT2D eigenvalue weighted by atomic mass is 9.96. The smallest absolute Gasteiger partial charge is 0.121 e. The first-order valence-corrected chi connectivity index (χ1v) is 11.3. The molecule has 32 heavy (non-hydrogen) atoms. The maximum atomic E-state index is 6.08. The Morgan fingerprint density at radius 3 is 2.81 bits per heavy atom. The van der Waals surface area contributed by atoms with Crippen LogP contribution in [0.25, 0.3) is 33.4 Å². The summed E-state index contributed by atoms with van der Waals surface area (Å²) in [6.45, 7) is 4.85. The summed E-state index contributed by atoms with van der Waals surface area (Å²) >= 11 is 0. The number of nitrogens with zero attached hydrogens (tertiary/aromatic N) is 5. The molecule has 1 aromatic carbocycles. The summed E-state index contributed by atoms with van der Waals surface area (Å²) in [5.74, 6) is 1.31. The highest BCUT2D eigenvalue weighted by atomic mass is 16.5. The lowest BCUT2D eigenvalue weighted by Crippen LogP contribution is -2.24. The molecule has 0 saturated carbocycles. The first kappa shape index (κ1) is 20.6. The molecular formula is C26H29N5O. The van der Waals surface area contributed by atoms with Gasteiger partial charge in [-0.1, -0.05) is 13.0 Å². The van der Waals surface area contributed by atoms with Gasteiger partial charge in [-0.2, -0.15) is 5.10 Å². The van der Waals surface area contributed by atoms with E-state index in [0.29, 0.717) is 12.5 Å². The van der Waals surface area contributed by atoms with Gasteiger partial charge in [0.25, 0.3) is 0 Å². The first-order chi connectivity index (χ1) is 15.6. The molecule has 6 nitrogen and oxygen atoms in total. The minimum Gasteiger partial charge on any atom is -0.493 e. The van der Waals surface area contributed by atoms with E-state index in [4.69, 9.17) is 9.84 Å². The molecule has 5 rings (SSSR count). The van der Waals surface area contributed by atoms with E-state index in [1.54, 1.807) is 0 Å². The van der Waals surface area contributed by atoms with Gasteiger partial charge in [0.05, 0.1) is 17.8 Å². The zero-order valence-electron chi connectivity index (χ0n) is 19.0. The molecule has 3 aromatic heterocycles. The van der Waals surface area contributed by atoms with Crippen LogP contribution in [0.5, 0.6) is 5.75 Å². The third-order valence-corrected chi connectivity index (χ3v) is 5.94. The van der Waals surface area contributed by atoms with Crippen LogP contribution in [-0.2, 0) is 13.0 Å². The van der Waals surface area contributed by atoms with Crippen LogP contribution in [0.3, 0.4) is 0 Å². The molecule has 0 amide bonds. The van der Waals surface area contributed by atoms with Gasteiger partial charge in [-0.05, 0) is 62.8 Å². The highest BCUT2D eigenvalue weighted by molar-refractivity contribution is 5.99. The Kier molecular flexibility index (Phi) is 5.62. The van der Waals surface area contributed by atoms with Crippen LogP contribution in [0.15, 0.2) is 54.9 Å². The van der Waals surface area contributed by atoms with E-state index in [1.165, 1.54) is 11.3 Å². The first-order valence-electron chi connectivity index (χ1n) is 11.3. The fourth-order valence-electron chi connectivity index (χ4n) is 4.65. The normalized spacial score (nSPS) is 14.1. The Morgan fingerprint density at radius 1 is 1.09 bits per heavy atom. The molecule has 0 fully saturated rings. The number of benzene rings is 1. The second-order valence-electron chi connectivity index (χ2n) is 8.93. The molecule has 6 heteroatoms. The molecule has 0 N–H and O–H groups in total. The third kappa shape index (κ3) is 3.98. The highest BCUT2D eigenvalue weighted by Gasteiger charge is 2.25. The molecule has 4 aromatic rings. The number of aromatic nitrogens is 4. The third-order valence-electron chi connectivity index (χ3n) is 5.94. The molecule has 0 aliphatic carbocycles. The Morgan fingerprint density at radius 2 is 2.00 bits per heavy atom. The van der Waals surface area contributed by atoms with E-state index in [2.05, 4.69) is 58.8 Å². The number of fused-ring (bicyclic) bond motifs is 2. The van der Waals surface area contributed by atoms with Crippen LogP contribution in [0.2, 0.25) is 0 Å². The molecule has 1 atom stereocenters. The lowest BCUT2D eigenvalue weighted by Gasteiger charge is -2.17. The highest BCUT2D eigenvalue weighted by Crippen LogP contribution is 2.40. The van der Waals surface area contributed by atoms with Crippen molar-refractivity contribution >= 4 is 10.9 Å². The summed E-state index contributed by atoms with van der Waals surface area (Å²) in [6.07, 6.45) is 5.88. The average Bonchev–Trinajstić information content (AvgIpc) is 3.39. The van der Waals surface area contributed by atoms with E-state index in [1.807, 2.05) is 36.7 Å². The maximum Gasteiger partial charge on any atom is 0.121 e. The van der Waals surface area contributed by atoms with Crippen molar-refractivity contribution in [3.63, 3.8) is 0 Å². The van der Waals surface area contributed by atoms with E-state index >= 15 is 0 Å². The van der Waals surface area contributed by atoms with Gasteiger partial charge in [-0.15, -0.1) is 0 Å². The quantitative estimate of drug-likeness (QED) is 0.429. The largest absolute Gasteiger partial charge is 0.493 e. The standard InChI is InChI=1S/C26H29N5O/c1-18(16-30(2)3)17-32-19-9-10-20-21(11-13-28-23(20)15-19)25-24-8-6-14-31(24)29-26(25)22-7-4-5-12-27-22/h4-5,7,9-13,15,18H,6,8,14,16-17H2,1-3H3. The molecule has 1 unspecified atom stereocenters. The van der Waals surface area contributed by atoms with Crippen molar-refractivity contribution in [2.75, 3.05) is 27.2 Å². The number of aryl methyl sites for hydroxylation is 1. The Hall–Kier alpha value is -3.25. The van der Waals surface area contributed by atoms with E-state index < -0.39 is 0 Å². The number of rotatable bonds is 7. The van der Waals surface area contributed by atoms with Crippen molar-refractivity contribution in [1.29, 1.82) is 0 Å². The summed E-state index contributed by atoms with van der Waals surface area (Å²) < 4.78 is 8.23. The van der Waals surface area contributed by atoms with Crippen LogP contribution in [0.1, 0.15) is 19.0 Å². The molecule has 4 heterocycles. The zero-order chi connectivity index (χ0) is 22.1. The van der Waals surface area contributed by atoms with Crippen molar-refractivity contribution in [3.8, 4) is 28.3 Å². The fraction of sp³-hybridized carbons (Fsp3) is 0.346. The Bertz CT molecular complexity index is 1230. The maximum absolute atomic E-state index is 6.08. The van der Waals surface area contributed by atoms with E-state index in [-0.39, 0.29) is 0 Å². The van der Waals surface area contributed by atoms with Crippen molar-refractivity contribution < 1.29 is 4.74 Å². The second-order valence-corrected chi connectivity index (χ2v) is 8.93. The lowest BCUT2D eigenvalue weighted by molar-refractivity contribution is 0.222. The summed E-state index contributed by atoms with van der Waals surface area (Å²) in [7, 11) is 4.18. The van der Waals surface area contributed by atoms with Gasteiger partial charge in [0, 0.05) is 54.1 Å². The number of hydrogen-bond donors (Lipinski definition) is 0. The number of ether oxygens (including phenoxy) is 1. The van der Waals surface area contributed by atoms with Crippen LogP contribution < -0.4 is 4.74 Å². The van der Waals surface area contributed by atoms with Crippen molar-refractivity contribution in [2.45, 2.75) is 26.3 Å². The van der Waals surface area contributed by atoms with Gasteiger partial charge < -0.3 is 9.64 Å². The summed E-state index contributed by atoms with van der Waals surface area (Å²) in [5.41, 5.74) is 6.42. The monoisotopic (exact) mass is 427 g/mol. The van der Waals surface area contributed by atoms with Gasteiger partial charge >= 0.3 is 0 Å². The predicted molar refractivity (Wildman–Crippen MR) is 128 cm³/mol.